The molecule has 2 N–H and O–H groups in total. The summed E-state index contributed by atoms with van der Waals surface area (Å²) in [6.07, 6.45) is -13.1. The highest BCUT2D eigenvalue weighted by Crippen LogP contribution is 2.45. The largest absolute Gasteiger partial charge is 0.545 e. The van der Waals surface area contributed by atoms with E-state index in [1.54, 1.807) is 5.32 Å². The zero-order chi connectivity index (χ0) is 18.8. The predicted molar refractivity (Wildman–Crippen MR) is 68.1 cm³/mol. The molecule has 0 unspecified atom stereocenters. The standard InChI is InChI=1S/C13H12F6N2O3/c1-2-11(12(14,15)16,13(17,18)19)21-10(24)20-8-6-4-3-5-7(8)9(22)23/h3-6H,2H2,1H3,(H,22,23)(H2,20,21,24)/p-1. The molecular weight excluding hydrogens is 346 g/mol. The minimum absolute atomic E-state index is 0.510. The minimum atomic E-state index is -5.81. The maximum Gasteiger partial charge on any atom is 0.420 e. The number of nitrogens with one attached hydrogen (secondary N) is 2. The van der Waals surface area contributed by atoms with E-state index in [4.69, 9.17) is 0 Å². The summed E-state index contributed by atoms with van der Waals surface area (Å²) in [6, 6.07) is 2.55. The van der Waals surface area contributed by atoms with Gasteiger partial charge in [0, 0.05) is 5.56 Å². The highest BCUT2D eigenvalue weighted by Gasteiger charge is 2.70. The molecule has 0 atom stereocenters. The molecule has 0 radical (unpaired) electrons. The smallest absolute Gasteiger partial charge is 0.420 e. The number of alkyl halides is 6. The molecule has 1 rings (SSSR count). The van der Waals surface area contributed by atoms with Crippen LogP contribution < -0.4 is 15.7 Å². The number of hydrogen-bond donors (Lipinski definition) is 2. The molecule has 0 aliphatic rings. The Bertz CT molecular complexity index is 613. The van der Waals surface area contributed by atoms with Crippen molar-refractivity contribution < 1.29 is 41.0 Å². The summed E-state index contributed by atoms with van der Waals surface area (Å²) in [7, 11) is 0. The number of benzene rings is 1. The number of urea groups is 1. The van der Waals surface area contributed by atoms with Crippen LogP contribution in [0.2, 0.25) is 0 Å². The van der Waals surface area contributed by atoms with E-state index >= 15 is 0 Å². The molecule has 0 aromatic heterocycles. The van der Waals surface area contributed by atoms with Crippen molar-refractivity contribution in [2.75, 3.05) is 5.32 Å². The van der Waals surface area contributed by atoms with E-state index in [9.17, 15) is 41.0 Å². The first-order valence-corrected chi connectivity index (χ1v) is 6.38. The number of anilines is 1. The first-order chi connectivity index (χ1) is 10.9. The van der Waals surface area contributed by atoms with Crippen LogP contribution in [-0.4, -0.2) is 29.9 Å². The van der Waals surface area contributed by atoms with E-state index in [0.29, 0.717) is 6.92 Å². The van der Waals surface area contributed by atoms with Crippen molar-refractivity contribution in [1.82, 2.24) is 5.32 Å². The molecule has 0 spiro atoms. The van der Waals surface area contributed by atoms with Gasteiger partial charge in [0.15, 0.2) is 0 Å². The SMILES string of the molecule is CCC(NC(=O)Nc1ccccc1C(=O)[O-])(C(F)(F)F)C(F)(F)F. The van der Waals surface area contributed by atoms with Gasteiger partial charge in [0.05, 0.1) is 11.7 Å². The molecule has 0 aliphatic carbocycles. The number of rotatable bonds is 4. The van der Waals surface area contributed by atoms with Crippen molar-refractivity contribution in [1.29, 1.82) is 0 Å². The number of para-hydroxylation sites is 1. The highest BCUT2D eigenvalue weighted by atomic mass is 19.4. The van der Waals surface area contributed by atoms with E-state index in [0.717, 1.165) is 17.4 Å². The van der Waals surface area contributed by atoms with Crippen LogP contribution in [0, 0.1) is 0 Å². The van der Waals surface area contributed by atoms with E-state index in [2.05, 4.69) is 0 Å². The quantitative estimate of drug-likeness (QED) is 0.813. The number of amides is 2. The van der Waals surface area contributed by atoms with Crippen LogP contribution in [-0.2, 0) is 0 Å². The maximum atomic E-state index is 12.9. The molecule has 11 heteroatoms. The number of halogens is 6. The second-order valence-electron chi connectivity index (χ2n) is 4.67. The van der Waals surface area contributed by atoms with Crippen LogP contribution >= 0.6 is 0 Å². The lowest BCUT2D eigenvalue weighted by molar-refractivity contribution is -0.304. The molecule has 0 aliphatic heterocycles. The molecular formula is C13H11F6N2O3-. The average molecular weight is 357 g/mol. The van der Waals surface area contributed by atoms with Crippen LogP contribution in [0.5, 0.6) is 0 Å². The lowest BCUT2D eigenvalue weighted by Gasteiger charge is -2.37. The zero-order valence-electron chi connectivity index (χ0n) is 12.0. The van der Waals surface area contributed by atoms with Crippen LogP contribution in [0.4, 0.5) is 36.8 Å². The van der Waals surface area contributed by atoms with Crippen molar-refractivity contribution in [2.45, 2.75) is 31.2 Å². The number of hydrogen-bond acceptors (Lipinski definition) is 3. The summed E-state index contributed by atoms with van der Waals surface area (Å²) in [4.78, 5) is 22.4. The second kappa shape index (κ2) is 6.57. The molecule has 24 heavy (non-hydrogen) atoms. The summed E-state index contributed by atoms with van der Waals surface area (Å²) >= 11 is 0. The summed E-state index contributed by atoms with van der Waals surface area (Å²) in [5, 5.41) is 13.3. The number of carboxylic acid groups (broad SMARTS) is 1. The van der Waals surface area contributed by atoms with Gasteiger partial charge in [-0.3, -0.25) is 0 Å². The minimum Gasteiger partial charge on any atom is -0.545 e. The lowest BCUT2D eigenvalue weighted by Crippen LogP contribution is -2.67. The molecule has 1 aromatic carbocycles. The van der Waals surface area contributed by atoms with Gasteiger partial charge in [0.2, 0.25) is 5.54 Å². The van der Waals surface area contributed by atoms with Gasteiger partial charge < -0.3 is 20.5 Å². The third-order valence-corrected chi connectivity index (χ3v) is 3.22. The molecule has 0 saturated heterocycles. The Morgan fingerprint density at radius 1 is 1.04 bits per heavy atom. The summed E-state index contributed by atoms with van der Waals surface area (Å²) in [5.41, 5.74) is -5.58. The molecule has 2 amide bonds. The van der Waals surface area contributed by atoms with Crippen LogP contribution in [0.15, 0.2) is 24.3 Å². The third kappa shape index (κ3) is 3.71. The van der Waals surface area contributed by atoms with E-state index in [1.165, 1.54) is 12.1 Å². The Morgan fingerprint density at radius 3 is 1.96 bits per heavy atom. The Labute approximate surface area is 131 Å². The number of carbonyl (C=O) groups excluding carboxylic acids is 2. The van der Waals surface area contributed by atoms with Gasteiger partial charge in [-0.15, -0.1) is 0 Å². The molecule has 0 heterocycles. The normalized spacial score (nSPS) is 12.6. The average Bonchev–Trinajstić information content (AvgIpc) is 2.42. The fraction of sp³-hybridized carbons (Fsp3) is 0.385. The zero-order valence-corrected chi connectivity index (χ0v) is 12.0. The molecule has 0 saturated carbocycles. The first-order valence-electron chi connectivity index (χ1n) is 6.38. The van der Waals surface area contributed by atoms with Gasteiger partial charge in [-0.25, -0.2) is 4.79 Å². The van der Waals surface area contributed by atoms with Gasteiger partial charge in [0.25, 0.3) is 0 Å². The summed E-state index contributed by atoms with van der Waals surface area (Å²) in [5.74, 6) is -1.76. The summed E-state index contributed by atoms with van der Waals surface area (Å²) in [6.45, 7) is 0.608. The van der Waals surface area contributed by atoms with Gasteiger partial charge in [0.1, 0.15) is 0 Å². The number of carboxylic acids is 1. The highest BCUT2D eigenvalue weighted by molar-refractivity contribution is 5.99. The fourth-order valence-electron chi connectivity index (χ4n) is 1.91. The van der Waals surface area contributed by atoms with Crippen LogP contribution in [0.1, 0.15) is 23.7 Å². The van der Waals surface area contributed by atoms with Crippen molar-refractivity contribution in [3.8, 4) is 0 Å². The second-order valence-corrected chi connectivity index (χ2v) is 4.67. The van der Waals surface area contributed by atoms with Gasteiger partial charge in [-0.2, -0.15) is 26.3 Å². The van der Waals surface area contributed by atoms with Crippen LogP contribution in [0.25, 0.3) is 0 Å². The molecule has 0 bridgehead atoms. The van der Waals surface area contributed by atoms with E-state index in [1.807, 2.05) is 0 Å². The van der Waals surface area contributed by atoms with Crippen molar-refractivity contribution >= 4 is 17.7 Å². The molecule has 5 nitrogen and oxygen atoms in total. The molecule has 134 valence electrons. The fourth-order valence-corrected chi connectivity index (χ4v) is 1.91. The predicted octanol–water partition coefficient (Wildman–Crippen LogP) is 2.45. The van der Waals surface area contributed by atoms with Gasteiger partial charge >= 0.3 is 18.4 Å². The van der Waals surface area contributed by atoms with Crippen LogP contribution in [0.3, 0.4) is 0 Å². The van der Waals surface area contributed by atoms with E-state index in [-0.39, 0.29) is 0 Å². The number of aromatic carboxylic acids is 1. The van der Waals surface area contributed by atoms with E-state index < -0.39 is 47.6 Å². The monoisotopic (exact) mass is 357 g/mol. The first kappa shape index (κ1) is 19.6. The third-order valence-electron chi connectivity index (χ3n) is 3.22. The van der Waals surface area contributed by atoms with Crippen molar-refractivity contribution in [2.24, 2.45) is 0 Å². The van der Waals surface area contributed by atoms with Gasteiger partial charge in [-0.1, -0.05) is 25.1 Å². The topological polar surface area (TPSA) is 81.3 Å². The number of carbonyl (C=O) groups is 2. The maximum absolute atomic E-state index is 12.9. The Hall–Kier alpha value is -2.46. The molecule has 1 aromatic rings. The Balaban J connectivity index is 3.14. The Kier molecular flexibility index (Phi) is 5.36. The Morgan fingerprint density at radius 2 is 1.54 bits per heavy atom. The lowest BCUT2D eigenvalue weighted by atomic mass is 9.94. The van der Waals surface area contributed by atoms with Gasteiger partial charge in [-0.05, 0) is 12.5 Å². The van der Waals surface area contributed by atoms with Crippen molar-refractivity contribution in [3.63, 3.8) is 0 Å². The summed E-state index contributed by atoms with van der Waals surface area (Å²) < 4.78 is 77.5. The van der Waals surface area contributed by atoms with Crippen molar-refractivity contribution in [3.05, 3.63) is 29.8 Å². The molecule has 0 fully saturated rings.